The van der Waals surface area contributed by atoms with Gasteiger partial charge >= 0.3 is 0 Å². The highest BCUT2D eigenvalue weighted by molar-refractivity contribution is 7.87. The average Bonchev–Trinajstić information content (AvgIpc) is 2.01. The number of ether oxygens (including phenoxy) is 1. The second kappa shape index (κ2) is 7.13. The SMILES string of the molecule is COCC(CCO)NS(=O)(=O)NC(C)C. The summed E-state index contributed by atoms with van der Waals surface area (Å²) >= 11 is 0. The van der Waals surface area contributed by atoms with Crippen LogP contribution in [0.25, 0.3) is 0 Å². The van der Waals surface area contributed by atoms with Gasteiger partial charge < -0.3 is 9.84 Å². The molecule has 0 bridgehead atoms. The number of nitrogens with one attached hydrogen (secondary N) is 2. The number of methoxy groups -OCH3 is 1. The van der Waals surface area contributed by atoms with Crippen LogP contribution in [0.1, 0.15) is 20.3 Å². The monoisotopic (exact) mass is 240 g/mol. The van der Waals surface area contributed by atoms with Crippen molar-refractivity contribution in [3.8, 4) is 0 Å². The van der Waals surface area contributed by atoms with Crippen molar-refractivity contribution in [2.24, 2.45) is 0 Å². The summed E-state index contributed by atoms with van der Waals surface area (Å²) in [6, 6.07) is -0.573. The van der Waals surface area contributed by atoms with Crippen molar-refractivity contribution in [1.29, 1.82) is 0 Å². The maximum Gasteiger partial charge on any atom is 0.277 e. The molecular weight excluding hydrogens is 220 g/mol. The minimum Gasteiger partial charge on any atom is -0.396 e. The fourth-order valence-corrected chi connectivity index (χ4v) is 2.41. The first-order valence-electron chi connectivity index (χ1n) is 4.80. The van der Waals surface area contributed by atoms with Crippen LogP contribution >= 0.6 is 0 Å². The lowest BCUT2D eigenvalue weighted by Crippen LogP contribution is -2.47. The Kier molecular flexibility index (Phi) is 7.03. The molecule has 1 atom stereocenters. The average molecular weight is 240 g/mol. The van der Waals surface area contributed by atoms with Gasteiger partial charge in [-0.1, -0.05) is 0 Å². The van der Waals surface area contributed by atoms with Crippen molar-refractivity contribution in [2.45, 2.75) is 32.4 Å². The molecule has 0 aromatic carbocycles. The second-order valence-electron chi connectivity index (χ2n) is 3.56. The molecule has 0 spiro atoms. The van der Waals surface area contributed by atoms with Crippen LogP contribution in [0.15, 0.2) is 0 Å². The number of rotatable bonds is 8. The number of hydrogen-bond donors (Lipinski definition) is 3. The van der Waals surface area contributed by atoms with Crippen LogP contribution in [0.2, 0.25) is 0 Å². The van der Waals surface area contributed by atoms with Crippen LogP contribution < -0.4 is 9.44 Å². The quantitative estimate of drug-likeness (QED) is 0.519. The topological polar surface area (TPSA) is 87.7 Å². The molecule has 0 fully saturated rings. The van der Waals surface area contributed by atoms with Crippen LogP contribution in [0.5, 0.6) is 0 Å². The van der Waals surface area contributed by atoms with E-state index in [-0.39, 0.29) is 19.3 Å². The molecule has 0 amide bonds. The molecule has 3 N–H and O–H groups in total. The van der Waals surface area contributed by atoms with Crippen molar-refractivity contribution in [1.82, 2.24) is 9.44 Å². The van der Waals surface area contributed by atoms with E-state index in [0.29, 0.717) is 6.42 Å². The molecule has 92 valence electrons. The summed E-state index contributed by atoms with van der Waals surface area (Å²) in [7, 11) is -2.03. The van der Waals surface area contributed by atoms with E-state index in [1.807, 2.05) is 0 Å². The molecule has 7 heteroatoms. The highest BCUT2D eigenvalue weighted by Gasteiger charge is 2.17. The minimum atomic E-state index is -3.52. The fraction of sp³-hybridized carbons (Fsp3) is 1.00. The molecule has 15 heavy (non-hydrogen) atoms. The third-order valence-electron chi connectivity index (χ3n) is 1.56. The zero-order valence-corrected chi connectivity index (χ0v) is 10.2. The Morgan fingerprint density at radius 1 is 1.33 bits per heavy atom. The predicted octanol–water partition coefficient (Wildman–Crippen LogP) is -0.784. The Morgan fingerprint density at radius 2 is 1.93 bits per heavy atom. The normalized spacial score (nSPS) is 14.5. The fourth-order valence-electron chi connectivity index (χ4n) is 1.10. The molecule has 0 aliphatic rings. The molecule has 6 nitrogen and oxygen atoms in total. The Hall–Kier alpha value is -0.210. The molecule has 1 unspecified atom stereocenters. The zero-order valence-electron chi connectivity index (χ0n) is 9.36. The summed E-state index contributed by atoms with van der Waals surface area (Å²) in [5.74, 6) is 0. The molecule has 0 aliphatic carbocycles. The Morgan fingerprint density at radius 3 is 2.33 bits per heavy atom. The summed E-state index contributed by atoms with van der Waals surface area (Å²) in [6.45, 7) is 3.62. The van der Waals surface area contributed by atoms with Crippen LogP contribution in [0.3, 0.4) is 0 Å². The van der Waals surface area contributed by atoms with Gasteiger partial charge in [-0.2, -0.15) is 17.9 Å². The predicted molar refractivity (Wildman–Crippen MR) is 57.7 cm³/mol. The second-order valence-corrected chi connectivity index (χ2v) is 5.04. The highest BCUT2D eigenvalue weighted by atomic mass is 32.2. The lowest BCUT2D eigenvalue weighted by atomic mass is 10.2. The Labute approximate surface area is 91.2 Å². The lowest BCUT2D eigenvalue weighted by Gasteiger charge is -2.18. The van der Waals surface area contributed by atoms with E-state index in [9.17, 15) is 8.42 Å². The van der Waals surface area contributed by atoms with E-state index >= 15 is 0 Å². The van der Waals surface area contributed by atoms with Crippen LogP contribution in [0, 0.1) is 0 Å². The van der Waals surface area contributed by atoms with E-state index in [1.165, 1.54) is 7.11 Å². The summed E-state index contributed by atoms with van der Waals surface area (Å²) < 4.78 is 32.5. The van der Waals surface area contributed by atoms with Gasteiger partial charge in [0.25, 0.3) is 10.2 Å². The van der Waals surface area contributed by atoms with E-state index in [1.54, 1.807) is 13.8 Å². The molecule has 0 heterocycles. The van der Waals surface area contributed by atoms with Crippen LogP contribution in [-0.2, 0) is 14.9 Å². The van der Waals surface area contributed by atoms with E-state index in [2.05, 4.69) is 9.44 Å². The number of hydrogen-bond acceptors (Lipinski definition) is 4. The summed E-state index contributed by atoms with van der Waals surface area (Å²) in [4.78, 5) is 0. The largest absolute Gasteiger partial charge is 0.396 e. The van der Waals surface area contributed by atoms with Gasteiger partial charge in [-0.15, -0.1) is 0 Å². The first kappa shape index (κ1) is 14.8. The molecule has 0 aromatic heterocycles. The number of aliphatic hydroxyl groups excluding tert-OH is 1. The van der Waals surface area contributed by atoms with Crippen molar-refractivity contribution in [3.63, 3.8) is 0 Å². The van der Waals surface area contributed by atoms with Gasteiger partial charge in [-0.05, 0) is 20.3 Å². The third-order valence-corrected chi connectivity index (χ3v) is 2.98. The van der Waals surface area contributed by atoms with Crippen LogP contribution in [0.4, 0.5) is 0 Å². The summed E-state index contributed by atoms with van der Waals surface area (Å²) in [5.41, 5.74) is 0. The minimum absolute atomic E-state index is 0.0851. The van der Waals surface area contributed by atoms with E-state index < -0.39 is 16.3 Å². The zero-order chi connectivity index (χ0) is 11.9. The lowest BCUT2D eigenvalue weighted by molar-refractivity contribution is 0.157. The third kappa shape index (κ3) is 7.69. The number of aliphatic hydroxyl groups is 1. The van der Waals surface area contributed by atoms with Crippen molar-refractivity contribution in [2.75, 3.05) is 20.3 Å². The maximum atomic E-state index is 11.4. The maximum absolute atomic E-state index is 11.4. The molecule has 0 radical (unpaired) electrons. The van der Waals surface area contributed by atoms with E-state index in [0.717, 1.165) is 0 Å². The highest BCUT2D eigenvalue weighted by Crippen LogP contribution is 1.95. The molecule has 0 aromatic rings. The van der Waals surface area contributed by atoms with Crippen molar-refractivity contribution in [3.05, 3.63) is 0 Å². The Balaban J connectivity index is 4.24. The summed E-state index contributed by atoms with van der Waals surface area (Å²) in [5, 5.41) is 8.73. The van der Waals surface area contributed by atoms with Crippen LogP contribution in [-0.4, -0.2) is 45.9 Å². The van der Waals surface area contributed by atoms with Gasteiger partial charge in [0.15, 0.2) is 0 Å². The first-order valence-corrected chi connectivity index (χ1v) is 6.29. The Bertz CT molecular complexity index is 247. The van der Waals surface area contributed by atoms with Gasteiger partial charge in [0, 0.05) is 25.8 Å². The first-order chi connectivity index (χ1) is 6.91. The van der Waals surface area contributed by atoms with E-state index in [4.69, 9.17) is 9.84 Å². The smallest absolute Gasteiger partial charge is 0.277 e. The van der Waals surface area contributed by atoms with Crippen molar-refractivity contribution >= 4 is 10.2 Å². The molecule has 0 rings (SSSR count). The van der Waals surface area contributed by atoms with Gasteiger partial charge in [0.2, 0.25) is 0 Å². The standard InChI is InChI=1S/C8H20N2O4S/c1-7(2)9-15(12,13)10-8(4-5-11)6-14-3/h7-11H,4-6H2,1-3H3. The molecular formula is C8H20N2O4S. The van der Waals surface area contributed by atoms with Gasteiger partial charge in [-0.25, -0.2) is 0 Å². The molecule has 0 saturated carbocycles. The molecule has 0 aliphatic heterocycles. The summed E-state index contributed by atoms with van der Waals surface area (Å²) in [6.07, 6.45) is 0.326. The van der Waals surface area contributed by atoms with Gasteiger partial charge in [-0.3, -0.25) is 0 Å². The molecule has 0 saturated heterocycles. The van der Waals surface area contributed by atoms with Gasteiger partial charge in [0.1, 0.15) is 0 Å². The van der Waals surface area contributed by atoms with Crippen molar-refractivity contribution < 1.29 is 18.3 Å². The van der Waals surface area contributed by atoms with Gasteiger partial charge in [0.05, 0.1) is 6.61 Å².